The zero-order valence-corrected chi connectivity index (χ0v) is 11.0. The average molecular weight is 257 g/mol. The number of rotatable bonds is 7. The van der Waals surface area contributed by atoms with Crippen LogP contribution in [-0.4, -0.2) is 28.3 Å². The summed E-state index contributed by atoms with van der Waals surface area (Å²) in [5.41, 5.74) is -0.333. The van der Waals surface area contributed by atoms with E-state index in [1.165, 1.54) is 11.3 Å². The summed E-state index contributed by atoms with van der Waals surface area (Å²) in [6.07, 6.45) is 1.42. The minimum atomic E-state index is -0.897. The molecular weight excluding hydrogens is 238 g/mol. The van der Waals surface area contributed by atoms with Crippen LogP contribution in [0.15, 0.2) is 11.4 Å². The van der Waals surface area contributed by atoms with Crippen LogP contribution in [0.25, 0.3) is 0 Å². The highest BCUT2D eigenvalue weighted by molar-refractivity contribution is 7.10. The van der Waals surface area contributed by atoms with E-state index in [2.05, 4.69) is 5.32 Å². The van der Waals surface area contributed by atoms with Crippen molar-refractivity contribution in [2.45, 2.75) is 38.8 Å². The van der Waals surface area contributed by atoms with Crippen LogP contribution in [0, 0.1) is 0 Å². The Balaban J connectivity index is 2.43. The first-order chi connectivity index (χ1) is 8.00. The minimum Gasteiger partial charge on any atom is -0.478 e. The van der Waals surface area contributed by atoms with E-state index in [0.717, 1.165) is 4.88 Å². The van der Waals surface area contributed by atoms with Gasteiger partial charge in [0.25, 0.3) is 0 Å². The molecule has 0 spiro atoms. The Kier molecular flexibility index (Phi) is 5.11. The highest BCUT2D eigenvalue weighted by atomic mass is 32.1. The summed E-state index contributed by atoms with van der Waals surface area (Å²) in [4.78, 5) is 11.7. The average Bonchev–Trinajstić information content (AvgIpc) is 2.78. The molecule has 0 aromatic carbocycles. The summed E-state index contributed by atoms with van der Waals surface area (Å²) in [5, 5.41) is 23.6. The van der Waals surface area contributed by atoms with Crippen LogP contribution in [0.5, 0.6) is 0 Å². The molecule has 0 fully saturated rings. The fourth-order valence-corrected chi connectivity index (χ4v) is 2.33. The summed E-state index contributed by atoms with van der Waals surface area (Å²) in [5.74, 6) is -0.897. The molecule has 0 atom stereocenters. The molecule has 1 rings (SSSR count). The molecule has 0 aliphatic heterocycles. The van der Waals surface area contributed by atoms with Crippen LogP contribution in [0.4, 0.5) is 0 Å². The third kappa shape index (κ3) is 4.11. The first kappa shape index (κ1) is 14.2. The molecule has 0 radical (unpaired) electrons. The van der Waals surface area contributed by atoms with E-state index in [9.17, 15) is 9.90 Å². The summed E-state index contributed by atoms with van der Waals surface area (Å²) >= 11 is 1.42. The van der Waals surface area contributed by atoms with Gasteiger partial charge in [-0.25, -0.2) is 4.79 Å². The van der Waals surface area contributed by atoms with Crippen molar-refractivity contribution in [3.63, 3.8) is 0 Å². The van der Waals surface area contributed by atoms with Gasteiger partial charge in [0.2, 0.25) is 0 Å². The first-order valence-corrected chi connectivity index (χ1v) is 6.62. The lowest BCUT2D eigenvalue weighted by Gasteiger charge is -2.25. The van der Waals surface area contributed by atoms with E-state index < -0.39 is 11.6 Å². The fourth-order valence-electron chi connectivity index (χ4n) is 1.50. The Labute approximate surface area is 105 Å². The molecule has 0 saturated heterocycles. The van der Waals surface area contributed by atoms with E-state index in [1.807, 2.05) is 13.8 Å². The molecular formula is C12H19NO3S. The van der Waals surface area contributed by atoms with E-state index >= 15 is 0 Å². The summed E-state index contributed by atoms with van der Waals surface area (Å²) in [6.45, 7) is 5.04. The lowest BCUT2D eigenvalue weighted by molar-refractivity contribution is 0.0323. The topological polar surface area (TPSA) is 69.6 Å². The summed E-state index contributed by atoms with van der Waals surface area (Å²) in [7, 11) is 0. The minimum absolute atomic E-state index is 0.327. The Morgan fingerprint density at radius 3 is 2.59 bits per heavy atom. The van der Waals surface area contributed by atoms with Crippen molar-refractivity contribution in [2.24, 2.45) is 0 Å². The SMILES string of the molecule is CCC(O)(CC)CNCc1cc(C(=O)O)cs1. The van der Waals surface area contributed by atoms with Gasteiger partial charge in [0.05, 0.1) is 11.2 Å². The van der Waals surface area contributed by atoms with Crippen LogP contribution < -0.4 is 5.32 Å². The van der Waals surface area contributed by atoms with Crippen LogP contribution >= 0.6 is 11.3 Å². The van der Waals surface area contributed by atoms with Crippen molar-refractivity contribution in [3.8, 4) is 0 Å². The molecule has 5 heteroatoms. The van der Waals surface area contributed by atoms with Gasteiger partial charge >= 0.3 is 5.97 Å². The van der Waals surface area contributed by atoms with Crippen LogP contribution in [0.3, 0.4) is 0 Å². The second kappa shape index (κ2) is 6.14. The number of carboxylic acids is 1. The number of hydrogen-bond acceptors (Lipinski definition) is 4. The normalized spacial score (nSPS) is 11.7. The number of carbonyl (C=O) groups is 1. The largest absolute Gasteiger partial charge is 0.478 e. The maximum atomic E-state index is 10.7. The highest BCUT2D eigenvalue weighted by Crippen LogP contribution is 2.16. The Morgan fingerprint density at radius 2 is 2.12 bits per heavy atom. The zero-order chi connectivity index (χ0) is 12.9. The van der Waals surface area contributed by atoms with Gasteiger partial charge in [-0.1, -0.05) is 13.8 Å². The molecule has 0 amide bonds. The van der Waals surface area contributed by atoms with Crippen molar-refractivity contribution in [1.82, 2.24) is 5.32 Å². The molecule has 4 nitrogen and oxygen atoms in total. The van der Waals surface area contributed by atoms with Crippen LogP contribution in [0.1, 0.15) is 41.9 Å². The van der Waals surface area contributed by atoms with Gasteiger partial charge in [0.15, 0.2) is 0 Å². The molecule has 0 aliphatic carbocycles. The van der Waals surface area contributed by atoms with Crippen molar-refractivity contribution in [1.29, 1.82) is 0 Å². The number of nitrogens with one attached hydrogen (secondary N) is 1. The Bertz CT molecular complexity index is 372. The van der Waals surface area contributed by atoms with Gasteiger partial charge < -0.3 is 15.5 Å². The third-order valence-corrected chi connectivity index (χ3v) is 3.91. The quantitative estimate of drug-likeness (QED) is 0.699. The highest BCUT2D eigenvalue weighted by Gasteiger charge is 2.21. The molecule has 1 aromatic rings. The second-order valence-corrected chi connectivity index (χ2v) is 5.14. The van der Waals surface area contributed by atoms with Gasteiger partial charge in [0.1, 0.15) is 0 Å². The maximum absolute atomic E-state index is 10.7. The number of hydrogen-bond donors (Lipinski definition) is 3. The molecule has 96 valence electrons. The standard InChI is InChI=1S/C12H19NO3S/c1-3-12(16,4-2)8-13-6-10-5-9(7-17-10)11(14)15/h5,7,13,16H,3-4,6,8H2,1-2H3,(H,14,15). The first-order valence-electron chi connectivity index (χ1n) is 5.74. The molecule has 0 aliphatic rings. The van der Waals surface area contributed by atoms with E-state index in [0.29, 0.717) is 31.5 Å². The summed E-state index contributed by atoms with van der Waals surface area (Å²) < 4.78 is 0. The van der Waals surface area contributed by atoms with Crippen molar-refractivity contribution >= 4 is 17.3 Å². The maximum Gasteiger partial charge on any atom is 0.336 e. The molecule has 1 aromatic heterocycles. The van der Waals surface area contributed by atoms with E-state index in [1.54, 1.807) is 11.4 Å². The number of aliphatic hydroxyl groups is 1. The summed E-state index contributed by atoms with van der Waals surface area (Å²) in [6, 6.07) is 1.66. The molecule has 0 saturated carbocycles. The third-order valence-electron chi connectivity index (χ3n) is 2.97. The predicted molar refractivity (Wildman–Crippen MR) is 68.5 cm³/mol. The van der Waals surface area contributed by atoms with Crippen molar-refractivity contribution in [2.75, 3.05) is 6.54 Å². The molecule has 0 bridgehead atoms. The Morgan fingerprint density at radius 1 is 1.47 bits per heavy atom. The number of aromatic carboxylic acids is 1. The van der Waals surface area contributed by atoms with E-state index in [4.69, 9.17) is 5.11 Å². The Hall–Kier alpha value is -0.910. The van der Waals surface area contributed by atoms with Gasteiger partial charge in [-0.3, -0.25) is 0 Å². The fraction of sp³-hybridized carbons (Fsp3) is 0.583. The molecule has 1 heterocycles. The van der Waals surface area contributed by atoms with Gasteiger partial charge in [0, 0.05) is 23.3 Å². The predicted octanol–water partition coefficient (Wildman–Crippen LogP) is 2.09. The molecule has 0 unspecified atom stereocenters. The monoisotopic (exact) mass is 257 g/mol. The van der Waals surface area contributed by atoms with Crippen molar-refractivity contribution < 1.29 is 15.0 Å². The lowest BCUT2D eigenvalue weighted by atomic mass is 9.98. The second-order valence-electron chi connectivity index (χ2n) is 4.14. The molecule has 3 N–H and O–H groups in total. The number of carboxylic acid groups (broad SMARTS) is 1. The van der Waals surface area contributed by atoms with Crippen molar-refractivity contribution in [3.05, 3.63) is 21.9 Å². The smallest absolute Gasteiger partial charge is 0.336 e. The van der Waals surface area contributed by atoms with Crippen LogP contribution in [0.2, 0.25) is 0 Å². The van der Waals surface area contributed by atoms with E-state index in [-0.39, 0.29) is 0 Å². The van der Waals surface area contributed by atoms with Gasteiger partial charge in [-0.15, -0.1) is 11.3 Å². The van der Waals surface area contributed by atoms with Gasteiger partial charge in [-0.2, -0.15) is 0 Å². The lowest BCUT2D eigenvalue weighted by Crippen LogP contribution is -2.39. The van der Waals surface area contributed by atoms with Crippen LogP contribution in [-0.2, 0) is 6.54 Å². The van der Waals surface area contributed by atoms with Gasteiger partial charge in [-0.05, 0) is 18.9 Å². The molecule has 17 heavy (non-hydrogen) atoms. The number of thiophene rings is 1. The zero-order valence-electron chi connectivity index (χ0n) is 10.2.